The fourth-order valence-electron chi connectivity index (χ4n) is 2.17. The molecule has 0 bridgehead atoms. The van der Waals surface area contributed by atoms with Crippen LogP contribution in [0.25, 0.3) is 0 Å². The molecule has 1 fully saturated rings. The lowest BCUT2D eigenvalue weighted by molar-refractivity contribution is 0.485. The number of halogens is 1. The van der Waals surface area contributed by atoms with Crippen molar-refractivity contribution in [2.45, 2.75) is 36.1 Å². The Hall–Kier alpha value is -0.900. The summed E-state index contributed by atoms with van der Waals surface area (Å²) in [5, 5.41) is 9.20. The molecule has 1 N–H and O–H groups in total. The van der Waals surface area contributed by atoms with E-state index in [9.17, 15) is 13.7 Å². The molecule has 0 heterocycles. The van der Waals surface area contributed by atoms with Crippen molar-refractivity contribution in [2.24, 2.45) is 0 Å². The van der Waals surface area contributed by atoms with Gasteiger partial charge in [-0.25, -0.2) is 8.42 Å². The molecule has 0 aliphatic heterocycles. The second-order valence-electron chi connectivity index (χ2n) is 4.46. The summed E-state index contributed by atoms with van der Waals surface area (Å²) >= 11 is 3.24. The zero-order chi connectivity index (χ0) is 13.2. The van der Waals surface area contributed by atoms with E-state index in [4.69, 9.17) is 0 Å². The lowest BCUT2D eigenvalue weighted by Gasteiger charge is -2.21. The first-order valence-electron chi connectivity index (χ1n) is 5.68. The molecule has 0 unspecified atom stereocenters. The lowest BCUT2D eigenvalue weighted by atomic mass is 10.0. The fourth-order valence-corrected chi connectivity index (χ4v) is 4.14. The molecule has 0 spiro atoms. The first kappa shape index (κ1) is 13.5. The van der Waals surface area contributed by atoms with Gasteiger partial charge in [0, 0.05) is 4.47 Å². The smallest absolute Gasteiger partial charge is 0.207 e. The van der Waals surface area contributed by atoms with Crippen LogP contribution in [0.1, 0.15) is 25.7 Å². The van der Waals surface area contributed by atoms with Gasteiger partial charge in [0.05, 0.1) is 11.0 Å². The van der Waals surface area contributed by atoms with Crippen LogP contribution in [0.3, 0.4) is 0 Å². The van der Waals surface area contributed by atoms with E-state index in [0.717, 1.165) is 12.8 Å². The van der Waals surface area contributed by atoms with Crippen LogP contribution in [0.15, 0.2) is 33.6 Å². The van der Waals surface area contributed by atoms with Gasteiger partial charge in [-0.1, -0.05) is 34.8 Å². The van der Waals surface area contributed by atoms with Crippen LogP contribution < -0.4 is 4.72 Å². The van der Waals surface area contributed by atoms with E-state index in [1.807, 2.05) is 0 Å². The van der Waals surface area contributed by atoms with E-state index in [1.54, 1.807) is 12.1 Å². The summed E-state index contributed by atoms with van der Waals surface area (Å²) in [6.07, 6.45) is 2.93. The minimum atomic E-state index is -3.64. The number of nitrogens with zero attached hydrogens (tertiary/aromatic N) is 1. The molecular formula is C12H13BrN2O2S. The summed E-state index contributed by atoms with van der Waals surface area (Å²) in [5.74, 6) is 0. The number of hydrogen-bond acceptors (Lipinski definition) is 3. The Morgan fingerprint density at radius 1 is 1.33 bits per heavy atom. The average Bonchev–Trinajstić information content (AvgIpc) is 2.77. The number of hydrogen-bond donors (Lipinski definition) is 1. The molecule has 0 radical (unpaired) electrons. The van der Waals surface area contributed by atoms with Crippen molar-refractivity contribution in [3.63, 3.8) is 0 Å². The summed E-state index contributed by atoms with van der Waals surface area (Å²) in [6.45, 7) is 0. The van der Waals surface area contributed by atoms with Crippen molar-refractivity contribution in [1.82, 2.24) is 4.72 Å². The van der Waals surface area contributed by atoms with E-state index < -0.39 is 15.6 Å². The Labute approximate surface area is 115 Å². The molecule has 0 aromatic heterocycles. The van der Waals surface area contributed by atoms with Gasteiger partial charge in [0.1, 0.15) is 5.54 Å². The van der Waals surface area contributed by atoms with Crippen LogP contribution >= 0.6 is 15.9 Å². The van der Waals surface area contributed by atoms with E-state index in [1.165, 1.54) is 12.1 Å². The van der Waals surface area contributed by atoms with Gasteiger partial charge in [0.2, 0.25) is 10.0 Å². The zero-order valence-electron chi connectivity index (χ0n) is 9.69. The molecular weight excluding hydrogens is 316 g/mol. The van der Waals surface area contributed by atoms with E-state index in [0.29, 0.717) is 17.3 Å². The summed E-state index contributed by atoms with van der Waals surface area (Å²) in [7, 11) is -3.64. The van der Waals surface area contributed by atoms with Crippen LogP contribution in [0, 0.1) is 11.3 Å². The Morgan fingerprint density at radius 2 is 2.00 bits per heavy atom. The largest absolute Gasteiger partial charge is 0.241 e. The second kappa shape index (κ2) is 5.00. The van der Waals surface area contributed by atoms with Gasteiger partial charge >= 0.3 is 0 Å². The highest BCUT2D eigenvalue weighted by Crippen LogP contribution is 2.30. The van der Waals surface area contributed by atoms with Crippen LogP contribution in [0.2, 0.25) is 0 Å². The summed E-state index contributed by atoms with van der Waals surface area (Å²) in [6, 6.07) is 8.58. The SMILES string of the molecule is N#CC1(NS(=O)(=O)c2cccc(Br)c2)CCCC1. The normalized spacial score (nSPS) is 18.4. The predicted molar refractivity (Wildman–Crippen MR) is 71.3 cm³/mol. The third kappa shape index (κ3) is 2.74. The molecule has 1 aliphatic carbocycles. The molecule has 0 saturated heterocycles. The Kier molecular flexibility index (Phi) is 3.76. The third-order valence-corrected chi connectivity index (χ3v) is 5.13. The van der Waals surface area contributed by atoms with Gasteiger partial charge in [-0.05, 0) is 31.0 Å². The summed E-state index contributed by atoms with van der Waals surface area (Å²) in [4.78, 5) is 0.179. The first-order chi connectivity index (χ1) is 8.47. The van der Waals surface area contributed by atoms with Crippen molar-refractivity contribution in [1.29, 1.82) is 5.26 Å². The van der Waals surface area contributed by atoms with Crippen molar-refractivity contribution in [2.75, 3.05) is 0 Å². The molecule has 1 aromatic rings. The molecule has 1 aliphatic rings. The van der Waals surface area contributed by atoms with Crippen LogP contribution in [0.4, 0.5) is 0 Å². The average molecular weight is 329 g/mol. The molecule has 0 amide bonds. The highest BCUT2D eigenvalue weighted by Gasteiger charge is 2.38. The van der Waals surface area contributed by atoms with E-state index in [-0.39, 0.29) is 4.90 Å². The van der Waals surface area contributed by atoms with Crippen LogP contribution in [-0.4, -0.2) is 14.0 Å². The van der Waals surface area contributed by atoms with Crippen molar-refractivity contribution in [3.05, 3.63) is 28.7 Å². The Morgan fingerprint density at radius 3 is 2.56 bits per heavy atom. The van der Waals surface area contributed by atoms with Gasteiger partial charge in [-0.15, -0.1) is 0 Å². The Bertz CT molecular complexity index is 586. The van der Waals surface area contributed by atoms with E-state index >= 15 is 0 Å². The highest BCUT2D eigenvalue weighted by atomic mass is 79.9. The molecule has 4 nitrogen and oxygen atoms in total. The third-order valence-electron chi connectivity index (χ3n) is 3.11. The van der Waals surface area contributed by atoms with Crippen molar-refractivity contribution < 1.29 is 8.42 Å². The van der Waals surface area contributed by atoms with Gasteiger partial charge in [-0.2, -0.15) is 9.98 Å². The molecule has 1 saturated carbocycles. The quantitative estimate of drug-likeness (QED) is 0.926. The lowest BCUT2D eigenvalue weighted by Crippen LogP contribution is -2.44. The standard InChI is InChI=1S/C12H13BrN2O2S/c13-10-4-3-5-11(8-10)18(16,17)15-12(9-14)6-1-2-7-12/h3-5,8,15H,1-2,6-7H2. The number of benzene rings is 1. The van der Waals surface area contributed by atoms with Gasteiger partial charge in [-0.3, -0.25) is 0 Å². The fraction of sp³-hybridized carbons (Fsp3) is 0.417. The van der Waals surface area contributed by atoms with Crippen molar-refractivity contribution >= 4 is 26.0 Å². The molecule has 6 heteroatoms. The number of nitriles is 1. The maximum atomic E-state index is 12.2. The first-order valence-corrected chi connectivity index (χ1v) is 7.96. The minimum Gasteiger partial charge on any atom is -0.207 e. The topological polar surface area (TPSA) is 70.0 Å². The van der Waals surface area contributed by atoms with Gasteiger partial charge in [0.15, 0.2) is 0 Å². The minimum absolute atomic E-state index is 0.179. The maximum absolute atomic E-state index is 12.2. The maximum Gasteiger partial charge on any atom is 0.241 e. The molecule has 18 heavy (non-hydrogen) atoms. The molecule has 1 aromatic carbocycles. The van der Waals surface area contributed by atoms with Crippen LogP contribution in [-0.2, 0) is 10.0 Å². The molecule has 96 valence electrons. The van der Waals surface area contributed by atoms with Crippen molar-refractivity contribution in [3.8, 4) is 6.07 Å². The number of sulfonamides is 1. The molecule has 2 rings (SSSR count). The van der Waals surface area contributed by atoms with E-state index in [2.05, 4.69) is 26.7 Å². The Balaban J connectivity index is 2.30. The number of rotatable bonds is 3. The zero-order valence-corrected chi connectivity index (χ0v) is 12.1. The van der Waals surface area contributed by atoms with Gasteiger partial charge < -0.3 is 0 Å². The number of nitrogens with one attached hydrogen (secondary N) is 1. The van der Waals surface area contributed by atoms with Gasteiger partial charge in [0.25, 0.3) is 0 Å². The highest BCUT2D eigenvalue weighted by molar-refractivity contribution is 9.10. The summed E-state index contributed by atoms with van der Waals surface area (Å²) < 4.78 is 27.7. The summed E-state index contributed by atoms with van der Waals surface area (Å²) in [5.41, 5.74) is -0.929. The van der Waals surface area contributed by atoms with Crippen LogP contribution in [0.5, 0.6) is 0 Å². The predicted octanol–water partition coefficient (Wildman–Crippen LogP) is 2.56. The monoisotopic (exact) mass is 328 g/mol. The second-order valence-corrected chi connectivity index (χ2v) is 7.06. The molecule has 0 atom stereocenters.